The molecule has 0 spiro atoms. The molecule has 0 saturated carbocycles. The third-order valence-electron chi connectivity index (χ3n) is 4.34. The smallest absolute Gasteiger partial charge is 0.275 e. The third-order valence-corrected chi connectivity index (χ3v) is 4.34. The topological polar surface area (TPSA) is 96.4 Å². The average molecular weight is 630 g/mol. The van der Waals surface area contributed by atoms with Crippen molar-refractivity contribution in [1.82, 2.24) is 9.97 Å². The number of alkyl halides is 2. The number of aromatic nitrogens is 2. The molecular formula is C23H30F2N5O2W-. The van der Waals surface area contributed by atoms with E-state index < -0.39 is 19.0 Å². The molecule has 0 saturated heterocycles. The molecule has 33 heavy (non-hydrogen) atoms. The molecule has 0 fully saturated rings. The Hall–Kier alpha value is -2.40. The van der Waals surface area contributed by atoms with Gasteiger partial charge in [0.15, 0.2) is 0 Å². The van der Waals surface area contributed by atoms with Crippen LogP contribution < -0.4 is 9.64 Å². The quantitative estimate of drug-likeness (QED) is 0.412. The van der Waals surface area contributed by atoms with E-state index in [1.807, 2.05) is 32.2 Å². The molecule has 2 aromatic heterocycles. The zero-order valence-electron chi connectivity index (χ0n) is 19.3. The third kappa shape index (κ3) is 10.4. The summed E-state index contributed by atoms with van der Waals surface area (Å²) in [5.74, 6) is -2.06. The van der Waals surface area contributed by atoms with Crippen LogP contribution >= 0.6 is 0 Å². The Balaban J connectivity index is 0.000000620. The maximum absolute atomic E-state index is 13.2. The van der Waals surface area contributed by atoms with Crippen molar-refractivity contribution in [3.8, 4) is 11.9 Å². The summed E-state index contributed by atoms with van der Waals surface area (Å²) in [5.41, 5.74) is 0.378. The fourth-order valence-electron chi connectivity index (χ4n) is 2.65. The normalized spacial score (nSPS) is 11.6. The van der Waals surface area contributed by atoms with Crippen LogP contribution in [0.3, 0.4) is 0 Å². The van der Waals surface area contributed by atoms with Crippen molar-refractivity contribution in [2.75, 3.05) is 31.7 Å². The van der Waals surface area contributed by atoms with Gasteiger partial charge in [0.25, 0.3) is 5.92 Å². The number of allylic oxidation sites excluding steroid dienone is 1. The van der Waals surface area contributed by atoms with Crippen LogP contribution in [0.4, 0.5) is 14.6 Å². The van der Waals surface area contributed by atoms with E-state index in [1.165, 1.54) is 19.4 Å². The molecule has 2 rings (SSSR count). The van der Waals surface area contributed by atoms with Crippen molar-refractivity contribution in [1.29, 1.82) is 5.26 Å². The molecule has 1 N–H and O–H groups in total. The van der Waals surface area contributed by atoms with Crippen molar-refractivity contribution in [2.45, 2.75) is 39.2 Å². The van der Waals surface area contributed by atoms with Crippen LogP contribution in [-0.2, 0) is 27.0 Å². The van der Waals surface area contributed by atoms with Crippen LogP contribution in [0.2, 0.25) is 0 Å². The summed E-state index contributed by atoms with van der Waals surface area (Å²) in [6.07, 6.45) is 6.21. The van der Waals surface area contributed by atoms with E-state index in [2.05, 4.69) is 33.2 Å². The second kappa shape index (κ2) is 16.2. The maximum atomic E-state index is 13.2. The molecule has 0 aromatic carbocycles. The molecule has 0 aliphatic rings. The van der Waals surface area contributed by atoms with Gasteiger partial charge in [0, 0.05) is 70.4 Å². The first-order valence-electron chi connectivity index (χ1n) is 10.2. The summed E-state index contributed by atoms with van der Waals surface area (Å²) in [6.45, 7) is 7.15. The molecule has 0 amide bonds. The van der Waals surface area contributed by atoms with Gasteiger partial charge in [-0.05, 0) is 32.0 Å². The van der Waals surface area contributed by atoms with Crippen molar-refractivity contribution < 1.29 is 39.7 Å². The second-order valence-corrected chi connectivity index (χ2v) is 6.74. The molecular weight excluding hydrogens is 600 g/mol. The summed E-state index contributed by atoms with van der Waals surface area (Å²) in [5, 5.41) is 21.6. The van der Waals surface area contributed by atoms with Gasteiger partial charge in [0.2, 0.25) is 5.88 Å². The number of aliphatic hydroxyl groups excluding tert-OH is 1. The van der Waals surface area contributed by atoms with Crippen molar-refractivity contribution >= 4 is 5.82 Å². The number of nitriles is 1. The minimum absolute atomic E-state index is 0. The fourth-order valence-corrected chi connectivity index (χ4v) is 2.65. The molecule has 0 aliphatic heterocycles. The number of hydrogen-bond donors (Lipinski definition) is 1. The SMILES string of the molecule is CC=CN(c1ccc(C#N)cn1)C(C)C[N-]CC.COc1cc(C(F)(F)CCO)ccn1.[W]. The molecule has 2 heterocycles. The number of hydrogen-bond acceptors (Lipinski definition) is 6. The summed E-state index contributed by atoms with van der Waals surface area (Å²) in [6, 6.07) is 8.33. The number of likely N-dealkylation sites (N-methyl/N-ethyl adjacent to an activating group) is 1. The van der Waals surface area contributed by atoms with Crippen LogP contribution in [-0.4, -0.2) is 47.9 Å². The van der Waals surface area contributed by atoms with E-state index in [4.69, 9.17) is 15.1 Å². The standard InChI is InChI=1S/C14H19N4.C9H11F2NO2.W/c1-4-8-18(12(3)10-16-5-2)14-7-6-13(9-15)11-17-14;1-14-8-6-7(2-4-12-8)9(10,11)3-5-13;/h4,6-8,11-12H,5,10H2,1-3H3;2,4,6,13H,3,5H2,1H3;/q-1;;. The zero-order chi connectivity index (χ0) is 24.0. The Bertz CT molecular complexity index is 876. The largest absolute Gasteiger partial charge is 0.661 e. The van der Waals surface area contributed by atoms with Gasteiger partial charge in [-0.2, -0.15) is 11.8 Å². The van der Waals surface area contributed by atoms with Crippen molar-refractivity contribution in [2.24, 2.45) is 0 Å². The van der Waals surface area contributed by atoms with Crippen molar-refractivity contribution in [3.63, 3.8) is 0 Å². The number of anilines is 1. The van der Waals surface area contributed by atoms with Gasteiger partial charge >= 0.3 is 0 Å². The van der Waals surface area contributed by atoms with Gasteiger partial charge in [-0.1, -0.05) is 13.0 Å². The summed E-state index contributed by atoms with van der Waals surface area (Å²) in [7, 11) is 1.36. The summed E-state index contributed by atoms with van der Waals surface area (Å²) < 4.78 is 31.2. The molecule has 0 radical (unpaired) electrons. The number of ether oxygens (including phenoxy) is 1. The Morgan fingerprint density at radius 3 is 2.58 bits per heavy atom. The van der Waals surface area contributed by atoms with Gasteiger partial charge < -0.3 is 20.1 Å². The number of halogens is 2. The predicted molar refractivity (Wildman–Crippen MR) is 121 cm³/mol. The Morgan fingerprint density at radius 2 is 2.06 bits per heavy atom. The number of rotatable bonds is 10. The number of methoxy groups -OCH3 is 1. The molecule has 0 bridgehead atoms. The predicted octanol–water partition coefficient (Wildman–Crippen LogP) is 4.64. The van der Waals surface area contributed by atoms with Crippen LogP contribution in [0.1, 0.15) is 38.3 Å². The summed E-state index contributed by atoms with van der Waals surface area (Å²) in [4.78, 5) is 10.1. The number of pyridine rings is 2. The molecule has 180 valence electrons. The van der Waals surface area contributed by atoms with E-state index in [0.717, 1.165) is 25.0 Å². The van der Waals surface area contributed by atoms with Gasteiger partial charge in [0.05, 0.1) is 12.7 Å². The maximum Gasteiger partial charge on any atom is 0.275 e. The van der Waals surface area contributed by atoms with E-state index in [-0.39, 0.29) is 38.6 Å². The average Bonchev–Trinajstić information content (AvgIpc) is 2.81. The van der Waals surface area contributed by atoms with Gasteiger partial charge in [-0.15, -0.1) is 6.54 Å². The van der Waals surface area contributed by atoms with E-state index in [9.17, 15) is 8.78 Å². The fraction of sp³-hybridized carbons (Fsp3) is 0.435. The minimum Gasteiger partial charge on any atom is -0.661 e. The number of nitrogens with zero attached hydrogens (tertiary/aromatic N) is 5. The first-order chi connectivity index (χ1) is 15.3. The Labute approximate surface area is 208 Å². The zero-order valence-corrected chi connectivity index (χ0v) is 22.2. The first-order valence-corrected chi connectivity index (χ1v) is 10.2. The molecule has 1 unspecified atom stereocenters. The molecule has 7 nitrogen and oxygen atoms in total. The summed E-state index contributed by atoms with van der Waals surface area (Å²) >= 11 is 0. The molecule has 10 heteroatoms. The van der Waals surface area contributed by atoms with Gasteiger partial charge in [0.1, 0.15) is 11.9 Å². The second-order valence-electron chi connectivity index (χ2n) is 6.74. The first kappa shape index (κ1) is 30.6. The van der Waals surface area contributed by atoms with Crippen LogP contribution in [0.25, 0.3) is 5.32 Å². The van der Waals surface area contributed by atoms with Gasteiger partial charge in [-0.25, -0.2) is 18.7 Å². The molecule has 2 aromatic rings. The van der Waals surface area contributed by atoms with Gasteiger partial charge in [-0.3, -0.25) is 0 Å². The number of aliphatic hydroxyl groups is 1. The van der Waals surface area contributed by atoms with E-state index in [0.29, 0.717) is 5.56 Å². The Morgan fingerprint density at radius 1 is 1.33 bits per heavy atom. The van der Waals surface area contributed by atoms with Crippen molar-refractivity contribution in [3.05, 3.63) is 65.4 Å². The van der Waals surface area contributed by atoms with E-state index >= 15 is 0 Å². The van der Waals surface area contributed by atoms with Crippen LogP contribution in [0, 0.1) is 11.3 Å². The minimum atomic E-state index is -3.04. The van der Waals surface area contributed by atoms with E-state index in [1.54, 1.807) is 12.3 Å². The van der Waals surface area contributed by atoms with Crippen LogP contribution in [0.5, 0.6) is 5.88 Å². The monoisotopic (exact) mass is 630 g/mol. The molecule has 0 aliphatic carbocycles. The Kier molecular flexibility index (Phi) is 15.1. The molecule has 1 atom stereocenters. The van der Waals surface area contributed by atoms with Crippen LogP contribution in [0.15, 0.2) is 48.9 Å².